The van der Waals surface area contributed by atoms with Crippen LogP contribution in [0.25, 0.3) is 0 Å². The normalized spacial score (nSPS) is 25.3. The van der Waals surface area contributed by atoms with Crippen LogP contribution in [0.15, 0.2) is 41.5 Å². The van der Waals surface area contributed by atoms with Crippen LogP contribution in [-0.4, -0.2) is 53.8 Å². The summed E-state index contributed by atoms with van der Waals surface area (Å²) in [6.07, 6.45) is 4.90. The van der Waals surface area contributed by atoms with Gasteiger partial charge in [0.05, 0.1) is 13.2 Å². The summed E-state index contributed by atoms with van der Waals surface area (Å²) in [6.45, 7) is 6.91. The van der Waals surface area contributed by atoms with Gasteiger partial charge in [0.1, 0.15) is 0 Å². The molecule has 0 unspecified atom stereocenters. The van der Waals surface area contributed by atoms with Crippen molar-refractivity contribution < 1.29 is 4.74 Å². The maximum atomic E-state index is 13.2. The summed E-state index contributed by atoms with van der Waals surface area (Å²) in [5, 5.41) is 0. The Kier molecular flexibility index (Phi) is 4.45. The SMILES string of the molecule is O=c1c(CN2CCOCC2)ccc2n1C[C@H]1C[C@@H]2CN(c2ccncc2)C1. The molecule has 5 heterocycles. The fourth-order valence-corrected chi connectivity index (χ4v) is 4.88. The maximum absolute atomic E-state index is 13.2. The number of hydrogen-bond donors (Lipinski definition) is 0. The minimum absolute atomic E-state index is 0.214. The Morgan fingerprint density at radius 3 is 2.67 bits per heavy atom. The van der Waals surface area contributed by atoms with E-state index in [1.54, 1.807) is 0 Å². The first kappa shape index (κ1) is 17.0. The molecule has 2 fully saturated rings. The van der Waals surface area contributed by atoms with Crippen molar-refractivity contribution in [2.24, 2.45) is 5.92 Å². The monoisotopic (exact) mass is 366 g/mol. The van der Waals surface area contributed by atoms with Crippen molar-refractivity contribution in [3.05, 3.63) is 58.3 Å². The van der Waals surface area contributed by atoms with E-state index in [1.807, 2.05) is 12.4 Å². The lowest BCUT2D eigenvalue weighted by Crippen LogP contribution is -2.48. The third-order valence-corrected chi connectivity index (χ3v) is 6.21. The molecule has 5 rings (SSSR count). The quantitative estimate of drug-likeness (QED) is 0.828. The topological polar surface area (TPSA) is 50.6 Å². The molecule has 0 spiro atoms. The Balaban J connectivity index is 1.40. The molecule has 27 heavy (non-hydrogen) atoms. The third-order valence-electron chi connectivity index (χ3n) is 6.21. The summed E-state index contributed by atoms with van der Waals surface area (Å²) < 4.78 is 7.49. The van der Waals surface area contributed by atoms with Crippen molar-refractivity contribution in [1.82, 2.24) is 14.5 Å². The molecule has 0 saturated carbocycles. The molecular weight excluding hydrogens is 340 g/mol. The lowest BCUT2D eigenvalue weighted by Gasteiger charge is -2.44. The van der Waals surface area contributed by atoms with Gasteiger partial charge in [-0.1, -0.05) is 6.07 Å². The molecule has 0 aromatic carbocycles. The summed E-state index contributed by atoms with van der Waals surface area (Å²) in [6, 6.07) is 8.43. The maximum Gasteiger partial charge on any atom is 0.255 e. The van der Waals surface area contributed by atoms with Crippen molar-refractivity contribution in [3.8, 4) is 0 Å². The average molecular weight is 366 g/mol. The molecule has 2 atom stereocenters. The highest BCUT2D eigenvalue weighted by molar-refractivity contribution is 5.46. The van der Waals surface area contributed by atoms with Gasteiger partial charge in [0.15, 0.2) is 0 Å². The van der Waals surface area contributed by atoms with E-state index >= 15 is 0 Å². The highest BCUT2D eigenvalue weighted by Gasteiger charge is 2.35. The number of ether oxygens (including phenoxy) is 1. The van der Waals surface area contributed by atoms with Gasteiger partial charge in [-0.25, -0.2) is 0 Å². The van der Waals surface area contributed by atoms with Gasteiger partial charge in [0.2, 0.25) is 0 Å². The van der Waals surface area contributed by atoms with Crippen LogP contribution < -0.4 is 10.5 Å². The van der Waals surface area contributed by atoms with E-state index in [2.05, 4.69) is 43.6 Å². The van der Waals surface area contributed by atoms with Gasteiger partial charge < -0.3 is 14.2 Å². The van der Waals surface area contributed by atoms with Crippen LogP contribution in [0.3, 0.4) is 0 Å². The second-order valence-corrected chi connectivity index (χ2v) is 8.00. The molecule has 2 aromatic rings. The fraction of sp³-hybridized carbons (Fsp3) is 0.524. The van der Waals surface area contributed by atoms with Gasteiger partial charge in [-0.3, -0.25) is 14.7 Å². The predicted molar refractivity (Wildman–Crippen MR) is 104 cm³/mol. The second-order valence-electron chi connectivity index (χ2n) is 8.00. The van der Waals surface area contributed by atoms with Gasteiger partial charge in [-0.15, -0.1) is 0 Å². The number of pyridine rings is 2. The smallest absolute Gasteiger partial charge is 0.255 e. The van der Waals surface area contributed by atoms with Crippen LogP contribution in [0.5, 0.6) is 0 Å². The summed E-state index contributed by atoms with van der Waals surface area (Å²) in [4.78, 5) is 22.1. The molecule has 2 bridgehead atoms. The Labute approximate surface area is 159 Å². The van der Waals surface area contributed by atoms with Gasteiger partial charge >= 0.3 is 0 Å². The summed E-state index contributed by atoms with van der Waals surface area (Å²) >= 11 is 0. The average Bonchev–Trinajstić information content (AvgIpc) is 2.72. The van der Waals surface area contributed by atoms with Crippen LogP contribution >= 0.6 is 0 Å². The highest BCUT2D eigenvalue weighted by Crippen LogP contribution is 2.36. The molecule has 3 aliphatic rings. The van der Waals surface area contributed by atoms with Crippen LogP contribution in [0.2, 0.25) is 0 Å². The lowest BCUT2D eigenvalue weighted by atomic mass is 9.82. The van der Waals surface area contributed by atoms with Crippen LogP contribution in [-0.2, 0) is 17.8 Å². The first-order valence-electron chi connectivity index (χ1n) is 9.95. The molecule has 142 valence electrons. The van der Waals surface area contributed by atoms with Gasteiger partial charge in [0, 0.05) is 74.5 Å². The van der Waals surface area contributed by atoms with Crippen LogP contribution in [0.4, 0.5) is 5.69 Å². The number of morpholine rings is 1. The Bertz CT molecular complexity index is 860. The van der Waals surface area contributed by atoms with Crippen molar-refractivity contribution in [2.45, 2.75) is 25.4 Å². The van der Waals surface area contributed by atoms with Crippen LogP contribution in [0, 0.1) is 5.92 Å². The molecule has 2 saturated heterocycles. The molecule has 3 aliphatic heterocycles. The van der Waals surface area contributed by atoms with Gasteiger partial charge in [-0.05, 0) is 30.5 Å². The largest absolute Gasteiger partial charge is 0.379 e. The third kappa shape index (κ3) is 3.28. The van der Waals surface area contributed by atoms with Gasteiger partial charge in [-0.2, -0.15) is 0 Å². The fourth-order valence-electron chi connectivity index (χ4n) is 4.88. The van der Waals surface area contributed by atoms with E-state index in [4.69, 9.17) is 4.74 Å². The highest BCUT2D eigenvalue weighted by atomic mass is 16.5. The molecule has 0 N–H and O–H groups in total. The first-order valence-corrected chi connectivity index (χ1v) is 9.95. The summed E-state index contributed by atoms with van der Waals surface area (Å²) in [5.41, 5.74) is 3.58. The molecule has 0 aliphatic carbocycles. The molecular formula is C21H26N4O2. The number of fused-ring (bicyclic) bond motifs is 4. The minimum atomic E-state index is 0.214. The zero-order valence-electron chi connectivity index (χ0n) is 15.6. The standard InChI is InChI=1S/C21H26N4O2/c26-21-17(14-23-7-9-27-10-8-23)1-2-20-18-11-16(13-25(20)21)12-24(15-18)19-3-5-22-6-4-19/h1-6,16,18H,7-15H2/t16-,18+/m0/s1. The molecule has 2 aromatic heterocycles. The summed E-state index contributed by atoms with van der Waals surface area (Å²) in [5.74, 6) is 0.955. The van der Waals surface area contributed by atoms with E-state index < -0.39 is 0 Å². The van der Waals surface area contributed by atoms with E-state index in [-0.39, 0.29) is 5.56 Å². The number of piperidine rings is 1. The molecule has 0 radical (unpaired) electrons. The zero-order chi connectivity index (χ0) is 18.2. The molecule has 6 heteroatoms. The van der Waals surface area contributed by atoms with Crippen molar-refractivity contribution >= 4 is 5.69 Å². The number of aromatic nitrogens is 2. The number of rotatable bonds is 3. The number of nitrogens with zero attached hydrogens (tertiary/aromatic N) is 4. The molecule has 6 nitrogen and oxygen atoms in total. The minimum Gasteiger partial charge on any atom is -0.379 e. The Morgan fingerprint density at radius 2 is 1.85 bits per heavy atom. The lowest BCUT2D eigenvalue weighted by molar-refractivity contribution is 0.0339. The van der Waals surface area contributed by atoms with E-state index in [1.165, 1.54) is 17.8 Å². The Hall–Kier alpha value is -2.18. The summed E-state index contributed by atoms with van der Waals surface area (Å²) in [7, 11) is 0. The van der Waals surface area contributed by atoms with Crippen molar-refractivity contribution in [3.63, 3.8) is 0 Å². The van der Waals surface area contributed by atoms with Crippen molar-refractivity contribution in [1.29, 1.82) is 0 Å². The zero-order valence-corrected chi connectivity index (χ0v) is 15.6. The van der Waals surface area contributed by atoms with E-state index in [0.717, 1.165) is 58.0 Å². The number of anilines is 1. The van der Waals surface area contributed by atoms with Crippen LogP contribution in [0.1, 0.15) is 23.6 Å². The first-order chi connectivity index (χ1) is 13.3. The van der Waals surface area contributed by atoms with Crippen molar-refractivity contribution in [2.75, 3.05) is 44.3 Å². The Morgan fingerprint density at radius 1 is 1.04 bits per heavy atom. The van der Waals surface area contributed by atoms with E-state index in [0.29, 0.717) is 11.8 Å². The molecule has 0 amide bonds. The number of hydrogen-bond acceptors (Lipinski definition) is 5. The second kappa shape index (κ2) is 7.09. The van der Waals surface area contributed by atoms with Gasteiger partial charge in [0.25, 0.3) is 5.56 Å². The predicted octanol–water partition coefficient (Wildman–Crippen LogP) is 1.70. The van der Waals surface area contributed by atoms with E-state index in [9.17, 15) is 4.79 Å².